The molecule has 0 aliphatic carbocycles. The normalized spacial score (nSPS) is 10.6. The topological polar surface area (TPSA) is 21.3 Å². The molecule has 0 radical (unpaired) electrons. The van der Waals surface area contributed by atoms with Crippen LogP contribution in [0.5, 0.6) is 5.75 Å². The molecule has 0 saturated carbocycles. The van der Waals surface area contributed by atoms with Gasteiger partial charge >= 0.3 is 0 Å². The van der Waals surface area contributed by atoms with Crippen LogP contribution < -0.4 is 10.1 Å². The molecule has 1 N–H and O–H groups in total. The van der Waals surface area contributed by atoms with Gasteiger partial charge in [0.2, 0.25) is 0 Å². The Bertz CT molecular complexity index is 324. The fourth-order valence-electron chi connectivity index (χ4n) is 2.31. The van der Waals surface area contributed by atoms with E-state index in [0.717, 1.165) is 12.3 Å². The Balaban J connectivity index is 2.49. The molecule has 0 fully saturated rings. The first-order valence-corrected chi connectivity index (χ1v) is 6.47. The van der Waals surface area contributed by atoms with Gasteiger partial charge in [0.25, 0.3) is 0 Å². The molecule has 1 rings (SSSR count). The van der Waals surface area contributed by atoms with E-state index in [9.17, 15) is 0 Å². The number of ether oxygens (including phenoxy) is 1. The monoisotopic (exact) mass is 235 g/mol. The standard InChI is InChI=1S/C15H25NO/c1-12-10-14(8-6-5-7-9-16-3)11-13(2)15(12)17-4/h10-11,16H,5-9H2,1-4H3. The van der Waals surface area contributed by atoms with Gasteiger partial charge in [-0.1, -0.05) is 18.6 Å². The third-order valence-corrected chi connectivity index (χ3v) is 3.12. The van der Waals surface area contributed by atoms with Crippen LogP contribution in [0.15, 0.2) is 12.1 Å². The molecule has 2 heteroatoms. The summed E-state index contributed by atoms with van der Waals surface area (Å²) < 4.78 is 5.38. The number of aryl methyl sites for hydroxylation is 3. The minimum absolute atomic E-state index is 1.03. The Morgan fingerprint density at radius 3 is 2.24 bits per heavy atom. The number of methoxy groups -OCH3 is 1. The number of rotatable bonds is 7. The first-order valence-electron chi connectivity index (χ1n) is 6.47. The summed E-state index contributed by atoms with van der Waals surface area (Å²) in [5.41, 5.74) is 3.93. The van der Waals surface area contributed by atoms with E-state index in [0.29, 0.717) is 0 Å². The van der Waals surface area contributed by atoms with Crippen molar-refractivity contribution in [3.05, 3.63) is 28.8 Å². The zero-order valence-electron chi connectivity index (χ0n) is 11.6. The van der Waals surface area contributed by atoms with Crippen molar-refractivity contribution in [2.45, 2.75) is 39.5 Å². The van der Waals surface area contributed by atoms with Gasteiger partial charge in [-0.25, -0.2) is 0 Å². The van der Waals surface area contributed by atoms with Crippen molar-refractivity contribution in [3.63, 3.8) is 0 Å². The smallest absolute Gasteiger partial charge is 0.124 e. The van der Waals surface area contributed by atoms with Crippen molar-refractivity contribution in [1.29, 1.82) is 0 Å². The maximum absolute atomic E-state index is 5.38. The van der Waals surface area contributed by atoms with Crippen LogP contribution in [0.3, 0.4) is 0 Å². The van der Waals surface area contributed by atoms with Gasteiger partial charge in [-0.15, -0.1) is 0 Å². The van der Waals surface area contributed by atoms with Gasteiger partial charge < -0.3 is 10.1 Å². The molecule has 0 unspecified atom stereocenters. The minimum atomic E-state index is 1.03. The number of hydrogen-bond acceptors (Lipinski definition) is 2. The lowest BCUT2D eigenvalue weighted by atomic mass is 10.0. The SMILES string of the molecule is CNCCCCCc1cc(C)c(OC)c(C)c1. The molecule has 0 spiro atoms. The second kappa shape index (κ2) is 7.33. The predicted molar refractivity (Wildman–Crippen MR) is 73.9 cm³/mol. The van der Waals surface area contributed by atoms with Crippen LogP contribution >= 0.6 is 0 Å². The maximum Gasteiger partial charge on any atom is 0.124 e. The molecule has 0 bridgehead atoms. The summed E-state index contributed by atoms with van der Waals surface area (Å²) in [4.78, 5) is 0. The first-order chi connectivity index (χ1) is 8.19. The van der Waals surface area contributed by atoms with E-state index in [1.807, 2.05) is 7.05 Å². The van der Waals surface area contributed by atoms with Crippen LogP contribution in [0.1, 0.15) is 36.0 Å². The maximum atomic E-state index is 5.38. The van der Waals surface area contributed by atoms with Crippen molar-refractivity contribution >= 4 is 0 Å². The molecule has 0 heterocycles. The van der Waals surface area contributed by atoms with Crippen LogP contribution in [0.4, 0.5) is 0 Å². The van der Waals surface area contributed by atoms with E-state index in [2.05, 4.69) is 31.3 Å². The quantitative estimate of drug-likeness (QED) is 0.733. The third kappa shape index (κ3) is 4.39. The molecule has 0 aliphatic heterocycles. The highest BCUT2D eigenvalue weighted by Crippen LogP contribution is 2.25. The number of unbranched alkanes of at least 4 members (excludes halogenated alkanes) is 2. The summed E-state index contributed by atoms with van der Waals surface area (Å²) in [6.45, 7) is 5.37. The lowest BCUT2D eigenvalue weighted by molar-refractivity contribution is 0.408. The molecule has 0 amide bonds. The molecule has 96 valence electrons. The average molecular weight is 235 g/mol. The second-order valence-electron chi connectivity index (χ2n) is 4.68. The zero-order chi connectivity index (χ0) is 12.7. The molecule has 1 aromatic rings. The second-order valence-corrected chi connectivity index (χ2v) is 4.68. The predicted octanol–water partition coefficient (Wildman–Crippen LogP) is 3.24. The average Bonchev–Trinajstić information content (AvgIpc) is 2.28. The van der Waals surface area contributed by atoms with Crippen molar-refractivity contribution in [3.8, 4) is 5.75 Å². The minimum Gasteiger partial charge on any atom is -0.496 e. The summed E-state index contributed by atoms with van der Waals surface area (Å²) >= 11 is 0. The Morgan fingerprint density at radius 2 is 1.71 bits per heavy atom. The Morgan fingerprint density at radius 1 is 1.06 bits per heavy atom. The summed E-state index contributed by atoms with van der Waals surface area (Å²) in [5.74, 6) is 1.03. The largest absolute Gasteiger partial charge is 0.496 e. The summed E-state index contributed by atoms with van der Waals surface area (Å²) in [6, 6.07) is 4.51. The van der Waals surface area contributed by atoms with Crippen LogP contribution in [-0.4, -0.2) is 20.7 Å². The highest BCUT2D eigenvalue weighted by atomic mass is 16.5. The van der Waals surface area contributed by atoms with Gasteiger partial charge in [0, 0.05) is 0 Å². The summed E-state index contributed by atoms with van der Waals surface area (Å²) in [5, 5.41) is 3.18. The van der Waals surface area contributed by atoms with Gasteiger partial charge in [-0.2, -0.15) is 0 Å². The van der Waals surface area contributed by atoms with Crippen LogP contribution in [0, 0.1) is 13.8 Å². The molecule has 0 atom stereocenters. The zero-order valence-corrected chi connectivity index (χ0v) is 11.6. The Labute approximate surface area is 105 Å². The van der Waals surface area contributed by atoms with E-state index >= 15 is 0 Å². The van der Waals surface area contributed by atoms with Gasteiger partial charge in [-0.3, -0.25) is 0 Å². The third-order valence-electron chi connectivity index (χ3n) is 3.12. The summed E-state index contributed by atoms with van der Waals surface area (Å²) in [7, 11) is 3.75. The van der Waals surface area contributed by atoms with Crippen molar-refractivity contribution < 1.29 is 4.74 Å². The van der Waals surface area contributed by atoms with Gasteiger partial charge in [-0.05, 0) is 63.4 Å². The number of benzene rings is 1. The summed E-state index contributed by atoms with van der Waals surface area (Å²) in [6.07, 6.45) is 5.01. The first kappa shape index (κ1) is 14.0. The molecule has 17 heavy (non-hydrogen) atoms. The number of nitrogens with one attached hydrogen (secondary N) is 1. The van der Waals surface area contributed by atoms with Crippen LogP contribution in [0.25, 0.3) is 0 Å². The lowest BCUT2D eigenvalue weighted by Crippen LogP contribution is -2.07. The van der Waals surface area contributed by atoms with Crippen molar-refractivity contribution in [1.82, 2.24) is 5.32 Å². The number of hydrogen-bond donors (Lipinski definition) is 1. The van der Waals surface area contributed by atoms with Gasteiger partial charge in [0.05, 0.1) is 7.11 Å². The highest BCUT2D eigenvalue weighted by Gasteiger charge is 2.04. The molecule has 0 saturated heterocycles. The van der Waals surface area contributed by atoms with Crippen molar-refractivity contribution in [2.24, 2.45) is 0 Å². The van der Waals surface area contributed by atoms with E-state index < -0.39 is 0 Å². The highest BCUT2D eigenvalue weighted by molar-refractivity contribution is 5.43. The molecule has 2 nitrogen and oxygen atoms in total. The Hall–Kier alpha value is -1.02. The van der Waals surface area contributed by atoms with Crippen LogP contribution in [0.2, 0.25) is 0 Å². The fraction of sp³-hybridized carbons (Fsp3) is 0.600. The van der Waals surface area contributed by atoms with E-state index in [1.54, 1.807) is 7.11 Å². The van der Waals surface area contributed by atoms with Crippen LogP contribution in [-0.2, 0) is 6.42 Å². The fourth-order valence-corrected chi connectivity index (χ4v) is 2.31. The van der Waals surface area contributed by atoms with Gasteiger partial charge in [0.1, 0.15) is 5.75 Å². The molecule has 0 aliphatic rings. The van der Waals surface area contributed by atoms with E-state index in [1.165, 1.54) is 42.4 Å². The van der Waals surface area contributed by atoms with E-state index in [-0.39, 0.29) is 0 Å². The molecular formula is C15H25NO. The van der Waals surface area contributed by atoms with Crippen molar-refractivity contribution in [2.75, 3.05) is 20.7 Å². The molecule has 1 aromatic carbocycles. The molecule has 0 aromatic heterocycles. The van der Waals surface area contributed by atoms with Gasteiger partial charge in [0.15, 0.2) is 0 Å². The Kier molecular flexibility index (Phi) is 6.06. The van der Waals surface area contributed by atoms with E-state index in [4.69, 9.17) is 4.74 Å². The lowest BCUT2D eigenvalue weighted by Gasteiger charge is -2.11. The molecular weight excluding hydrogens is 210 g/mol.